The first kappa shape index (κ1) is 14.6. The first-order valence-corrected chi connectivity index (χ1v) is 5.74. The van der Waals surface area contributed by atoms with Crippen LogP contribution in [0.5, 0.6) is 5.75 Å². The molecule has 0 saturated heterocycles. The molecule has 1 aromatic heterocycles. The van der Waals surface area contributed by atoms with Crippen LogP contribution in [0.1, 0.15) is 30.2 Å². The van der Waals surface area contributed by atoms with E-state index < -0.39 is 23.7 Å². The third kappa shape index (κ3) is 3.29. The summed E-state index contributed by atoms with van der Waals surface area (Å²) >= 11 is 5.51. The normalized spacial score (nSPS) is 10.7. The Balaban J connectivity index is 3.15. The van der Waals surface area contributed by atoms with E-state index in [1.807, 2.05) is 0 Å². The number of hydrogen-bond donors (Lipinski definition) is 1. The van der Waals surface area contributed by atoms with Crippen molar-refractivity contribution in [3.05, 3.63) is 23.0 Å². The van der Waals surface area contributed by atoms with Gasteiger partial charge in [-0.2, -0.15) is 0 Å². The Labute approximate surface area is 108 Å². The largest absolute Gasteiger partial charge is 0.506 e. The zero-order chi connectivity index (χ0) is 13.7. The van der Waals surface area contributed by atoms with Crippen LogP contribution in [-0.2, 0) is 21.8 Å². The minimum Gasteiger partial charge on any atom is -0.506 e. The zero-order valence-electron chi connectivity index (χ0n) is 9.62. The number of hydrogen-bond acceptors (Lipinski definition) is 4. The molecule has 0 bridgehead atoms. The number of carbonyl (C=O) groups excluding carboxylic acids is 1. The number of aromatic hydroxyl groups is 1. The number of pyridine rings is 1. The molecule has 0 saturated carbocycles. The van der Waals surface area contributed by atoms with Crippen molar-refractivity contribution in [2.75, 3.05) is 6.61 Å². The average molecular weight is 280 g/mol. The van der Waals surface area contributed by atoms with Crippen molar-refractivity contribution < 1.29 is 23.4 Å². The van der Waals surface area contributed by atoms with E-state index in [0.717, 1.165) is 6.20 Å². The smallest absolute Gasteiger partial charge is 0.311 e. The van der Waals surface area contributed by atoms with E-state index in [1.54, 1.807) is 6.92 Å². The van der Waals surface area contributed by atoms with Crippen molar-refractivity contribution in [3.63, 3.8) is 0 Å². The fourth-order valence-electron chi connectivity index (χ4n) is 1.49. The number of carbonyl (C=O) groups is 1. The molecule has 1 aromatic rings. The van der Waals surface area contributed by atoms with Gasteiger partial charge in [0.05, 0.1) is 30.8 Å². The first-order chi connectivity index (χ1) is 8.51. The van der Waals surface area contributed by atoms with Crippen LogP contribution in [0, 0.1) is 0 Å². The van der Waals surface area contributed by atoms with Crippen LogP contribution in [0.4, 0.5) is 8.78 Å². The number of rotatable bonds is 5. The molecule has 0 aliphatic heterocycles. The van der Waals surface area contributed by atoms with Gasteiger partial charge in [-0.3, -0.25) is 9.78 Å². The van der Waals surface area contributed by atoms with E-state index in [0.29, 0.717) is 0 Å². The van der Waals surface area contributed by atoms with Gasteiger partial charge >= 0.3 is 5.97 Å². The van der Waals surface area contributed by atoms with Crippen molar-refractivity contribution in [2.24, 2.45) is 0 Å². The molecular formula is C11H12ClF2NO3. The number of ether oxygens (including phenoxy) is 1. The molecule has 0 spiro atoms. The van der Waals surface area contributed by atoms with Gasteiger partial charge in [-0.1, -0.05) is 0 Å². The summed E-state index contributed by atoms with van der Waals surface area (Å²) in [5.41, 5.74) is -0.740. The molecule has 18 heavy (non-hydrogen) atoms. The molecule has 1 rings (SSSR count). The third-order valence-corrected chi connectivity index (χ3v) is 2.52. The van der Waals surface area contributed by atoms with Crippen LogP contribution in [0.15, 0.2) is 6.20 Å². The molecular weight excluding hydrogens is 268 g/mol. The highest BCUT2D eigenvalue weighted by Gasteiger charge is 2.23. The summed E-state index contributed by atoms with van der Waals surface area (Å²) in [6.07, 6.45) is -2.25. The predicted octanol–water partition coefficient (Wildman–Crippen LogP) is 2.57. The van der Waals surface area contributed by atoms with Gasteiger partial charge in [0.2, 0.25) is 0 Å². The lowest BCUT2D eigenvalue weighted by Gasteiger charge is -2.12. The van der Waals surface area contributed by atoms with Gasteiger partial charge in [0, 0.05) is 11.1 Å². The van der Waals surface area contributed by atoms with Crippen LogP contribution in [0.2, 0.25) is 0 Å². The number of esters is 1. The van der Waals surface area contributed by atoms with Crippen molar-refractivity contribution in [3.8, 4) is 5.75 Å². The molecule has 0 fully saturated rings. The second-order valence-electron chi connectivity index (χ2n) is 3.40. The fourth-order valence-corrected chi connectivity index (χ4v) is 1.77. The SMILES string of the molecule is CCOC(=O)Cc1ncc(O)c(CCl)c1C(F)F. The average Bonchev–Trinajstić information content (AvgIpc) is 2.30. The topological polar surface area (TPSA) is 59.4 Å². The van der Waals surface area contributed by atoms with E-state index in [2.05, 4.69) is 9.72 Å². The monoisotopic (exact) mass is 279 g/mol. The highest BCUT2D eigenvalue weighted by molar-refractivity contribution is 6.17. The molecule has 0 radical (unpaired) electrons. The standard InChI is InChI=1S/C11H12ClF2NO3/c1-2-18-9(17)3-7-10(11(13)14)6(4-12)8(16)5-15-7/h5,11,16H,2-4H2,1H3. The van der Waals surface area contributed by atoms with Crippen LogP contribution in [0.25, 0.3) is 0 Å². The number of nitrogens with zero attached hydrogens (tertiary/aromatic N) is 1. The minimum absolute atomic E-state index is 0.110. The number of aromatic nitrogens is 1. The van der Waals surface area contributed by atoms with E-state index >= 15 is 0 Å². The summed E-state index contributed by atoms with van der Waals surface area (Å²) < 4.78 is 30.5. The molecule has 0 aliphatic rings. The van der Waals surface area contributed by atoms with Crippen molar-refractivity contribution in [2.45, 2.75) is 25.7 Å². The lowest BCUT2D eigenvalue weighted by atomic mass is 10.1. The Morgan fingerprint density at radius 3 is 2.78 bits per heavy atom. The Bertz CT molecular complexity index is 441. The summed E-state index contributed by atoms with van der Waals surface area (Å²) in [6, 6.07) is 0. The summed E-state index contributed by atoms with van der Waals surface area (Å²) in [4.78, 5) is 14.9. The Morgan fingerprint density at radius 2 is 2.28 bits per heavy atom. The molecule has 0 amide bonds. The molecule has 100 valence electrons. The molecule has 4 nitrogen and oxygen atoms in total. The maximum atomic E-state index is 12.9. The Kier molecular flexibility index (Phi) is 5.27. The van der Waals surface area contributed by atoms with Gasteiger partial charge in [0.15, 0.2) is 0 Å². The van der Waals surface area contributed by atoms with E-state index in [1.165, 1.54) is 0 Å². The van der Waals surface area contributed by atoms with E-state index in [4.69, 9.17) is 11.6 Å². The van der Waals surface area contributed by atoms with Gasteiger partial charge in [0.25, 0.3) is 6.43 Å². The quantitative estimate of drug-likeness (QED) is 0.665. The molecule has 0 aliphatic carbocycles. The molecule has 0 aromatic carbocycles. The lowest BCUT2D eigenvalue weighted by molar-refractivity contribution is -0.142. The number of alkyl halides is 3. The van der Waals surface area contributed by atoms with Crippen LogP contribution >= 0.6 is 11.6 Å². The summed E-state index contributed by atoms with van der Waals surface area (Å²) in [7, 11) is 0. The van der Waals surface area contributed by atoms with Gasteiger partial charge in [-0.25, -0.2) is 8.78 Å². The van der Waals surface area contributed by atoms with Crippen molar-refractivity contribution >= 4 is 17.6 Å². The lowest BCUT2D eigenvalue weighted by Crippen LogP contribution is -2.12. The summed E-state index contributed by atoms with van der Waals surface area (Å²) in [6.45, 7) is 1.77. The van der Waals surface area contributed by atoms with E-state index in [-0.39, 0.29) is 30.2 Å². The van der Waals surface area contributed by atoms with Crippen molar-refractivity contribution in [1.82, 2.24) is 4.98 Å². The summed E-state index contributed by atoms with van der Waals surface area (Å²) in [5.74, 6) is -1.35. The fraction of sp³-hybridized carbons (Fsp3) is 0.455. The van der Waals surface area contributed by atoms with Gasteiger partial charge in [0.1, 0.15) is 5.75 Å². The van der Waals surface area contributed by atoms with Gasteiger partial charge in [-0.15, -0.1) is 11.6 Å². The van der Waals surface area contributed by atoms with Crippen LogP contribution in [-0.4, -0.2) is 22.7 Å². The molecule has 7 heteroatoms. The molecule has 0 atom stereocenters. The maximum absolute atomic E-state index is 12.9. The predicted molar refractivity (Wildman–Crippen MR) is 60.8 cm³/mol. The molecule has 1 N–H and O–H groups in total. The van der Waals surface area contributed by atoms with Crippen LogP contribution in [0.3, 0.4) is 0 Å². The highest BCUT2D eigenvalue weighted by atomic mass is 35.5. The van der Waals surface area contributed by atoms with Crippen LogP contribution < -0.4 is 0 Å². The second-order valence-corrected chi connectivity index (χ2v) is 3.67. The van der Waals surface area contributed by atoms with E-state index in [9.17, 15) is 18.7 Å². The van der Waals surface area contributed by atoms with Gasteiger partial charge < -0.3 is 9.84 Å². The zero-order valence-corrected chi connectivity index (χ0v) is 10.4. The number of halogens is 3. The second kappa shape index (κ2) is 6.49. The first-order valence-electron chi connectivity index (χ1n) is 5.20. The highest BCUT2D eigenvalue weighted by Crippen LogP contribution is 2.32. The molecule has 1 heterocycles. The van der Waals surface area contributed by atoms with Gasteiger partial charge in [-0.05, 0) is 6.92 Å². The summed E-state index contributed by atoms with van der Waals surface area (Å²) in [5, 5.41) is 9.41. The maximum Gasteiger partial charge on any atom is 0.311 e. The van der Waals surface area contributed by atoms with Crippen molar-refractivity contribution in [1.29, 1.82) is 0 Å². The Hall–Kier alpha value is -1.43. The Morgan fingerprint density at radius 1 is 1.61 bits per heavy atom. The third-order valence-electron chi connectivity index (χ3n) is 2.26. The minimum atomic E-state index is -2.87. The molecule has 0 unspecified atom stereocenters.